The van der Waals surface area contributed by atoms with Crippen LogP contribution in [0.25, 0.3) is 0 Å². The summed E-state index contributed by atoms with van der Waals surface area (Å²) in [6, 6.07) is 30.0. The minimum absolute atomic E-state index is 0.117. The van der Waals surface area contributed by atoms with E-state index in [-0.39, 0.29) is 18.0 Å². The average molecular weight is 429 g/mol. The van der Waals surface area contributed by atoms with Gasteiger partial charge in [0.2, 0.25) is 0 Å². The van der Waals surface area contributed by atoms with Crippen molar-refractivity contribution in [2.75, 3.05) is 7.05 Å². The van der Waals surface area contributed by atoms with E-state index in [1.54, 1.807) is 24.3 Å². The summed E-state index contributed by atoms with van der Waals surface area (Å²) >= 11 is 0. The van der Waals surface area contributed by atoms with Gasteiger partial charge < -0.3 is 4.74 Å². The molecule has 0 saturated carbocycles. The average Bonchev–Trinajstić information content (AvgIpc) is 2.84. The van der Waals surface area contributed by atoms with Crippen LogP contribution in [0.5, 0.6) is 5.75 Å². The maximum Gasteiger partial charge on any atom is 0.540 e. The molecule has 1 aliphatic heterocycles. The van der Waals surface area contributed by atoms with Crippen molar-refractivity contribution in [2.24, 2.45) is 11.1 Å². The first-order valence-corrected chi connectivity index (χ1v) is 11.0. The van der Waals surface area contributed by atoms with E-state index in [0.717, 1.165) is 12.1 Å². The SMILES string of the molecule is CC[C@@H]1/C(=N/OC(=O)Oc2ccccc2)C[C@@H](c2ccccc2)N(C)[C@H]1c1ccccc1. The Morgan fingerprint density at radius 1 is 0.906 bits per heavy atom. The summed E-state index contributed by atoms with van der Waals surface area (Å²) in [4.78, 5) is 19.9. The van der Waals surface area contributed by atoms with Crippen molar-refractivity contribution < 1.29 is 14.4 Å². The van der Waals surface area contributed by atoms with E-state index >= 15 is 0 Å². The zero-order valence-corrected chi connectivity index (χ0v) is 18.4. The molecule has 1 heterocycles. The lowest BCUT2D eigenvalue weighted by atomic mass is 9.77. The molecule has 5 heteroatoms. The molecule has 0 aliphatic carbocycles. The topological polar surface area (TPSA) is 51.1 Å². The molecular formula is C27H28N2O3. The molecule has 32 heavy (non-hydrogen) atoms. The molecule has 0 radical (unpaired) electrons. The second-order valence-electron chi connectivity index (χ2n) is 8.01. The quantitative estimate of drug-likeness (QED) is 0.204. The summed E-state index contributed by atoms with van der Waals surface area (Å²) in [5.41, 5.74) is 3.31. The van der Waals surface area contributed by atoms with Gasteiger partial charge in [0.05, 0.1) is 5.71 Å². The van der Waals surface area contributed by atoms with Crippen LogP contribution in [0.15, 0.2) is 96.2 Å². The Bertz CT molecular complexity index is 1040. The number of oxime groups is 1. The lowest BCUT2D eigenvalue weighted by Gasteiger charge is -2.45. The molecule has 0 amide bonds. The first-order chi connectivity index (χ1) is 15.7. The number of para-hydroxylation sites is 1. The number of hydrogen-bond acceptors (Lipinski definition) is 5. The molecule has 164 valence electrons. The predicted molar refractivity (Wildman–Crippen MR) is 126 cm³/mol. The number of nitrogens with zero attached hydrogens (tertiary/aromatic N) is 2. The number of carbonyl (C=O) groups is 1. The maximum absolute atomic E-state index is 12.3. The summed E-state index contributed by atoms with van der Waals surface area (Å²) in [6.45, 7) is 2.15. The van der Waals surface area contributed by atoms with Crippen LogP contribution in [-0.4, -0.2) is 23.8 Å². The van der Waals surface area contributed by atoms with Crippen LogP contribution in [0.1, 0.15) is 43.0 Å². The van der Waals surface area contributed by atoms with Gasteiger partial charge in [-0.2, -0.15) is 0 Å². The highest BCUT2D eigenvalue weighted by molar-refractivity contribution is 5.89. The van der Waals surface area contributed by atoms with Crippen LogP contribution in [0.4, 0.5) is 4.79 Å². The molecule has 0 spiro atoms. The van der Waals surface area contributed by atoms with Gasteiger partial charge in [-0.3, -0.25) is 9.74 Å². The van der Waals surface area contributed by atoms with Crippen LogP contribution in [0.2, 0.25) is 0 Å². The van der Waals surface area contributed by atoms with Crippen LogP contribution in [-0.2, 0) is 4.84 Å². The smallest absolute Gasteiger partial charge is 0.393 e. The van der Waals surface area contributed by atoms with Gasteiger partial charge in [-0.1, -0.05) is 90.9 Å². The van der Waals surface area contributed by atoms with Crippen molar-refractivity contribution in [2.45, 2.75) is 31.8 Å². The molecular weight excluding hydrogens is 400 g/mol. The number of piperidine rings is 1. The lowest BCUT2D eigenvalue weighted by Crippen LogP contribution is -2.43. The molecule has 1 fully saturated rings. The van der Waals surface area contributed by atoms with Gasteiger partial charge in [-0.05, 0) is 36.7 Å². The molecule has 0 N–H and O–H groups in total. The number of rotatable bonds is 5. The second kappa shape index (κ2) is 10.2. The fourth-order valence-corrected chi connectivity index (χ4v) is 4.56. The number of benzene rings is 3. The third-order valence-electron chi connectivity index (χ3n) is 6.09. The lowest BCUT2D eigenvalue weighted by molar-refractivity contribution is 0.0926. The van der Waals surface area contributed by atoms with Gasteiger partial charge in [0.15, 0.2) is 0 Å². The van der Waals surface area contributed by atoms with Crippen molar-refractivity contribution in [1.29, 1.82) is 0 Å². The van der Waals surface area contributed by atoms with Crippen LogP contribution in [0, 0.1) is 5.92 Å². The van der Waals surface area contributed by atoms with E-state index < -0.39 is 6.16 Å². The standard InChI is InChI=1S/C27H28N2O3/c1-3-23-24(28-32-27(30)31-22-17-11-6-12-18-22)19-25(20-13-7-4-8-14-20)29(2)26(23)21-15-9-5-10-16-21/h4-18,23,25-26H,3,19H2,1-2H3/b28-24+/t23-,25+,26+/m1/s1. The Hall–Kier alpha value is -3.44. The van der Waals surface area contributed by atoms with Gasteiger partial charge >= 0.3 is 6.16 Å². The fourth-order valence-electron chi connectivity index (χ4n) is 4.56. The monoisotopic (exact) mass is 428 g/mol. The van der Waals surface area contributed by atoms with Crippen molar-refractivity contribution in [3.05, 3.63) is 102 Å². The molecule has 1 saturated heterocycles. The number of hydrogen-bond donors (Lipinski definition) is 0. The first-order valence-electron chi connectivity index (χ1n) is 11.0. The van der Waals surface area contributed by atoms with Crippen molar-refractivity contribution in [3.63, 3.8) is 0 Å². The minimum Gasteiger partial charge on any atom is -0.393 e. The number of ether oxygens (including phenoxy) is 1. The highest BCUT2D eigenvalue weighted by Crippen LogP contribution is 2.43. The fraction of sp³-hybridized carbons (Fsp3) is 0.259. The summed E-state index contributed by atoms with van der Waals surface area (Å²) in [7, 11) is 2.17. The van der Waals surface area contributed by atoms with Gasteiger partial charge in [-0.25, -0.2) is 4.79 Å². The van der Waals surface area contributed by atoms with Crippen LogP contribution < -0.4 is 4.74 Å². The molecule has 0 unspecified atom stereocenters. The third kappa shape index (κ3) is 4.89. The van der Waals surface area contributed by atoms with E-state index in [4.69, 9.17) is 9.57 Å². The minimum atomic E-state index is -0.829. The predicted octanol–water partition coefficient (Wildman–Crippen LogP) is 6.40. The van der Waals surface area contributed by atoms with E-state index in [2.05, 4.69) is 72.6 Å². The highest BCUT2D eigenvalue weighted by Gasteiger charge is 2.40. The van der Waals surface area contributed by atoms with Gasteiger partial charge in [-0.15, -0.1) is 0 Å². The Morgan fingerprint density at radius 3 is 2.06 bits per heavy atom. The molecule has 3 atom stereocenters. The molecule has 3 aromatic rings. The van der Waals surface area contributed by atoms with E-state index in [0.29, 0.717) is 12.2 Å². The molecule has 0 aromatic heterocycles. The van der Waals surface area contributed by atoms with Crippen molar-refractivity contribution >= 4 is 11.9 Å². The normalized spacial score (nSPS) is 22.4. The molecule has 5 nitrogen and oxygen atoms in total. The summed E-state index contributed by atoms with van der Waals surface area (Å²) in [5, 5.41) is 4.33. The van der Waals surface area contributed by atoms with Gasteiger partial charge in [0, 0.05) is 24.4 Å². The highest BCUT2D eigenvalue weighted by atomic mass is 16.8. The summed E-state index contributed by atoms with van der Waals surface area (Å²) in [6.07, 6.45) is 0.729. The summed E-state index contributed by atoms with van der Waals surface area (Å²) < 4.78 is 5.24. The zero-order valence-electron chi connectivity index (χ0n) is 18.4. The van der Waals surface area contributed by atoms with Crippen LogP contribution >= 0.6 is 0 Å². The number of carbonyl (C=O) groups excluding carboxylic acids is 1. The summed E-state index contributed by atoms with van der Waals surface area (Å²) in [5.74, 6) is 0.546. The Balaban J connectivity index is 1.63. The maximum atomic E-state index is 12.3. The third-order valence-corrected chi connectivity index (χ3v) is 6.09. The number of likely N-dealkylation sites (tertiary alicyclic amines) is 1. The van der Waals surface area contributed by atoms with Crippen LogP contribution in [0.3, 0.4) is 0 Å². The first kappa shape index (κ1) is 21.8. The van der Waals surface area contributed by atoms with E-state index in [1.165, 1.54) is 11.1 Å². The van der Waals surface area contributed by atoms with Gasteiger partial charge in [0.1, 0.15) is 5.75 Å². The van der Waals surface area contributed by atoms with Gasteiger partial charge in [0.25, 0.3) is 0 Å². The molecule has 3 aromatic carbocycles. The Kier molecular flexibility index (Phi) is 6.97. The molecule has 0 bridgehead atoms. The molecule has 4 rings (SSSR count). The largest absolute Gasteiger partial charge is 0.540 e. The second-order valence-corrected chi connectivity index (χ2v) is 8.01. The molecule has 1 aliphatic rings. The van der Waals surface area contributed by atoms with Crippen molar-refractivity contribution in [3.8, 4) is 5.75 Å². The van der Waals surface area contributed by atoms with E-state index in [9.17, 15) is 4.79 Å². The van der Waals surface area contributed by atoms with Crippen molar-refractivity contribution in [1.82, 2.24) is 4.90 Å². The van der Waals surface area contributed by atoms with E-state index in [1.807, 2.05) is 18.2 Å². The zero-order chi connectivity index (χ0) is 22.3. The Labute approximate surface area is 189 Å². The Morgan fingerprint density at radius 2 is 1.47 bits per heavy atom.